The summed E-state index contributed by atoms with van der Waals surface area (Å²) < 4.78 is 14.0. The summed E-state index contributed by atoms with van der Waals surface area (Å²) in [5.74, 6) is -0.364. The molecule has 2 atom stereocenters. The van der Waals surface area contributed by atoms with Crippen molar-refractivity contribution in [1.29, 1.82) is 0 Å². The number of hydrogen-bond donors (Lipinski definition) is 2. The molecule has 2 nitrogen and oxygen atoms in total. The highest BCUT2D eigenvalue weighted by Crippen LogP contribution is 2.65. The van der Waals surface area contributed by atoms with Crippen LogP contribution in [0.4, 0.5) is 4.39 Å². The van der Waals surface area contributed by atoms with E-state index in [1.165, 1.54) is 6.07 Å². The Morgan fingerprint density at radius 1 is 1.50 bits per heavy atom. The summed E-state index contributed by atoms with van der Waals surface area (Å²) in [6.45, 7) is 4.74. The molecule has 0 spiro atoms. The zero-order valence-corrected chi connectivity index (χ0v) is 10.9. The number of rotatable bonds is 2. The smallest absolute Gasteiger partial charge is 0.166 e. The Morgan fingerprint density at radius 3 is 2.62 bits per heavy atom. The maximum atomic E-state index is 13.4. The fourth-order valence-corrected chi connectivity index (χ4v) is 3.07. The van der Waals surface area contributed by atoms with E-state index in [4.69, 9.17) is 5.73 Å². The number of nitrogens with two attached hydrogens (primary N) is 1. The van der Waals surface area contributed by atoms with Crippen LogP contribution in [0.1, 0.15) is 25.3 Å². The molecule has 1 saturated carbocycles. The highest BCUT2D eigenvalue weighted by molar-refractivity contribution is 9.10. The van der Waals surface area contributed by atoms with Crippen molar-refractivity contribution in [1.82, 2.24) is 0 Å². The van der Waals surface area contributed by atoms with Gasteiger partial charge in [0.15, 0.2) is 11.6 Å². The van der Waals surface area contributed by atoms with Crippen LogP contribution in [-0.2, 0) is 0 Å². The first-order valence-electron chi connectivity index (χ1n) is 5.27. The SMILES string of the molecule is CC1(C)C(CN)C1c1cc(Br)cc(F)c1O. The third kappa shape index (κ3) is 1.64. The Bertz CT molecular complexity index is 433. The third-order valence-corrected chi connectivity index (χ3v) is 4.15. The second kappa shape index (κ2) is 3.70. The van der Waals surface area contributed by atoms with Crippen LogP contribution < -0.4 is 5.73 Å². The van der Waals surface area contributed by atoms with Crippen molar-refractivity contribution in [2.24, 2.45) is 17.1 Å². The molecule has 1 aliphatic rings. The van der Waals surface area contributed by atoms with Crippen LogP contribution in [0.3, 0.4) is 0 Å². The van der Waals surface area contributed by atoms with E-state index in [-0.39, 0.29) is 17.1 Å². The van der Waals surface area contributed by atoms with Gasteiger partial charge in [0.1, 0.15) is 0 Å². The first kappa shape index (κ1) is 11.9. The van der Waals surface area contributed by atoms with Crippen molar-refractivity contribution in [3.8, 4) is 5.75 Å². The van der Waals surface area contributed by atoms with Gasteiger partial charge in [0.2, 0.25) is 0 Å². The maximum absolute atomic E-state index is 13.4. The monoisotopic (exact) mass is 287 g/mol. The number of phenolic OH excluding ortho intramolecular Hbond substituents is 1. The molecule has 0 bridgehead atoms. The summed E-state index contributed by atoms with van der Waals surface area (Å²) in [4.78, 5) is 0. The van der Waals surface area contributed by atoms with Crippen LogP contribution >= 0.6 is 15.9 Å². The van der Waals surface area contributed by atoms with Gasteiger partial charge < -0.3 is 10.8 Å². The normalized spacial score (nSPS) is 26.8. The van der Waals surface area contributed by atoms with Crippen molar-refractivity contribution >= 4 is 15.9 Å². The molecule has 16 heavy (non-hydrogen) atoms. The van der Waals surface area contributed by atoms with E-state index in [1.54, 1.807) is 6.07 Å². The van der Waals surface area contributed by atoms with Gasteiger partial charge in [0.25, 0.3) is 0 Å². The van der Waals surface area contributed by atoms with Crippen LogP contribution in [0.5, 0.6) is 5.75 Å². The molecule has 1 aromatic carbocycles. The van der Waals surface area contributed by atoms with E-state index in [9.17, 15) is 9.50 Å². The van der Waals surface area contributed by atoms with E-state index in [0.717, 1.165) is 0 Å². The minimum absolute atomic E-state index is 0.0411. The van der Waals surface area contributed by atoms with Gasteiger partial charge in [-0.2, -0.15) is 0 Å². The lowest BCUT2D eigenvalue weighted by molar-refractivity contribution is 0.423. The average molecular weight is 288 g/mol. The summed E-state index contributed by atoms with van der Waals surface area (Å²) in [6.07, 6.45) is 0. The predicted octanol–water partition coefficient (Wildman–Crippen LogP) is 2.99. The molecule has 2 unspecified atom stereocenters. The standard InChI is InChI=1S/C12H15BrFNO/c1-12(2)8(5-15)10(12)7-3-6(13)4-9(14)11(7)16/h3-4,8,10,16H,5,15H2,1-2H3. The molecule has 0 aliphatic heterocycles. The minimum atomic E-state index is -0.581. The fraction of sp³-hybridized carbons (Fsp3) is 0.500. The minimum Gasteiger partial charge on any atom is -0.505 e. The summed E-state index contributed by atoms with van der Waals surface area (Å²) in [6, 6.07) is 3.05. The Morgan fingerprint density at radius 2 is 2.12 bits per heavy atom. The first-order valence-corrected chi connectivity index (χ1v) is 6.07. The molecule has 0 aromatic heterocycles. The number of phenols is 1. The van der Waals surface area contributed by atoms with Crippen molar-refractivity contribution < 1.29 is 9.50 Å². The molecule has 0 heterocycles. The van der Waals surface area contributed by atoms with Crippen molar-refractivity contribution in [2.75, 3.05) is 6.54 Å². The molecule has 0 amide bonds. The summed E-state index contributed by atoms with van der Waals surface area (Å²) >= 11 is 3.24. The Hall–Kier alpha value is -0.610. The van der Waals surface area contributed by atoms with E-state index >= 15 is 0 Å². The van der Waals surface area contributed by atoms with Gasteiger partial charge in [-0.25, -0.2) is 4.39 Å². The van der Waals surface area contributed by atoms with Crippen LogP contribution in [-0.4, -0.2) is 11.7 Å². The lowest BCUT2D eigenvalue weighted by atomic mass is 10.0. The van der Waals surface area contributed by atoms with E-state index in [0.29, 0.717) is 22.5 Å². The van der Waals surface area contributed by atoms with E-state index < -0.39 is 5.82 Å². The summed E-state index contributed by atoms with van der Waals surface area (Å²) in [5.41, 5.74) is 6.38. The molecule has 0 saturated heterocycles. The van der Waals surface area contributed by atoms with Crippen molar-refractivity contribution in [2.45, 2.75) is 19.8 Å². The Balaban J connectivity index is 2.43. The van der Waals surface area contributed by atoms with Gasteiger partial charge in [-0.05, 0) is 35.9 Å². The Labute approximate surface area is 103 Å². The van der Waals surface area contributed by atoms with Gasteiger partial charge in [-0.15, -0.1) is 0 Å². The van der Waals surface area contributed by atoms with Gasteiger partial charge >= 0.3 is 0 Å². The lowest BCUT2D eigenvalue weighted by Crippen LogP contribution is -2.05. The molecular formula is C12H15BrFNO. The van der Waals surface area contributed by atoms with Gasteiger partial charge in [-0.3, -0.25) is 0 Å². The highest BCUT2D eigenvalue weighted by Gasteiger charge is 2.58. The topological polar surface area (TPSA) is 46.2 Å². The van der Waals surface area contributed by atoms with Crippen LogP contribution in [0.15, 0.2) is 16.6 Å². The number of aromatic hydroxyl groups is 1. The molecule has 2 rings (SSSR count). The lowest BCUT2D eigenvalue weighted by Gasteiger charge is -2.07. The molecule has 0 radical (unpaired) electrons. The van der Waals surface area contributed by atoms with Crippen LogP contribution in [0, 0.1) is 17.2 Å². The molecule has 1 fully saturated rings. The number of benzene rings is 1. The molecule has 88 valence electrons. The molecule has 1 aliphatic carbocycles. The summed E-state index contributed by atoms with van der Waals surface area (Å²) in [5, 5.41) is 9.74. The van der Waals surface area contributed by atoms with Crippen LogP contribution in [0.2, 0.25) is 0 Å². The second-order valence-corrected chi connectivity index (χ2v) is 5.88. The summed E-state index contributed by atoms with van der Waals surface area (Å²) in [7, 11) is 0. The highest BCUT2D eigenvalue weighted by atomic mass is 79.9. The predicted molar refractivity (Wildman–Crippen MR) is 64.8 cm³/mol. The Kier molecular flexibility index (Phi) is 2.75. The van der Waals surface area contributed by atoms with Crippen LogP contribution in [0.25, 0.3) is 0 Å². The maximum Gasteiger partial charge on any atom is 0.166 e. The van der Waals surface area contributed by atoms with Gasteiger partial charge in [0, 0.05) is 10.0 Å². The largest absolute Gasteiger partial charge is 0.505 e. The van der Waals surface area contributed by atoms with Crippen molar-refractivity contribution in [3.05, 3.63) is 28.0 Å². The third-order valence-electron chi connectivity index (χ3n) is 3.70. The first-order chi connectivity index (χ1) is 7.39. The zero-order valence-electron chi connectivity index (χ0n) is 9.30. The molecule has 4 heteroatoms. The zero-order chi connectivity index (χ0) is 12.1. The molecular weight excluding hydrogens is 273 g/mol. The number of hydrogen-bond acceptors (Lipinski definition) is 2. The van der Waals surface area contributed by atoms with Crippen molar-refractivity contribution in [3.63, 3.8) is 0 Å². The van der Waals surface area contributed by atoms with Gasteiger partial charge in [0.05, 0.1) is 0 Å². The number of halogens is 2. The molecule has 1 aromatic rings. The average Bonchev–Trinajstić information content (AvgIpc) is 2.74. The second-order valence-electron chi connectivity index (χ2n) is 4.97. The van der Waals surface area contributed by atoms with E-state index in [2.05, 4.69) is 29.8 Å². The fourth-order valence-electron chi connectivity index (χ4n) is 2.62. The quantitative estimate of drug-likeness (QED) is 0.878. The van der Waals surface area contributed by atoms with Gasteiger partial charge in [-0.1, -0.05) is 29.8 Å². The molecule has 3 N–H and O–H groups in total. The van der Waals surface area contributed by atoms with E-state index in [1.807, 2.05) is 0 Å².